The van der Waals surface area contributed by atoms with E-state index in [1.165, 1.54) is 24.8 Å². The number of aromatic nitrogens is 2. The van der Waals surface area contributed by atoms with Crippen molar-refractivity contribution in [1.29, 1.82) is 0 Å². The lowest BCUT2D eigenvalue weighted by atomic mass is 9.95. The van der Waals surface area contributed by atoms with Crippen LogP contribution in [-0.2, 0) is 7.05 Å². The van der Waals surface area contributed by atoms with Crippen molar-refractivity contribution in [3.63, 3.8) is 0 Å². The predicted molar refractivity (Wildman–Crippen MR) is 59.3 cm³/mol. The molecule has 1 aliphatic carbocycles. The lowest BCUT2D eigenvalue weighted by molar-refractivity contribution is 0.163. The molecule has 0 saturated heterocycles. The van der Waals surface area contributed by atoms with Crippen molar-refractivity contribution >= 4 is 0 Å². The molecular weight excluding hydrogens is 188 g/mol. The summed E-state index contributed by atoms with van der Waals surface area (Å²) in [5.74, 6) is 0.765. The summed E-state index contributed by atoms with van der Waals surface area (Å²) < 4.78 is 1.88. The Balaban J connectivity index is 2.00. The van der Waals surface area contributed by atoms with Gasteiger partial charge >= 0.3 is 0 Å². The Morgan fingerprint density at radius 2 is 2.40 bits per heavy atom. The molecule has 15 heavy (non-hydrogen) atoms. The largest absolute Gasteiger partial charge is 0.385 e. The molecule has 1 aromatic rings. The van der Waals surface area contributed by atoms with Crippen LogP contribution >= 0.6 is 0 Å². The van der Waals surface area contributed by atoms with E-state index in [1.807, 2.05) is 17.8 Å². The molecule has 1 aromatic heterocycles. The number of hydrogen-bond donors (Lipinski definition) is 1. The zero-order valence-electron chi connectivity index (χ0n) is 9.19. The molecule has 0 amide bonds. The van der Waals surface area contributed by atoms with E-state index >= 15 is 0 Å². The van der Waals surface area contributed by atoms with Crippen LogP contribution in [0.5, 0.6) is 0 Å². The van der Waals surface area contributed by atoms with E-state index in [-0.39, 0.29) is 0 Å². The van der Waals surface area contributed by atoms with Gasteiger partial charge in [-0.15, -0.1) is 0 Å². The summed E-state index contributed by atoms with van der Waals surface area (Å²) in [7, 11) is 1.92. The summed E-state index contributed by atoms with van der Waals surface area (Å²) in [6, 6.07) is 0. The van der Waals surface area contributed by atoms with Crippen molar-refractivity contribution in [1.82, 2.24) is 9.55 Å². The summed E-state index contributed by atoms with van der Waals surface area (Å²) in [5.41, 5.74) is 1.39. The average Bonchev–Trinajstić information content (AvgIpc) is 2.66. The second-order valence-corrected chi connectivity index (χ2v) is 4.22. The van der Waals surface area contributed by atoms with Gasteiger partial charge < -0.3 is 9.67 Å². The smallest absolute Gasteiger partial charge is 0.137 e. The standard InChI is InChI=1S/C12H18N2O/c1-14-8-7-13-12(14)11(15)9-10-5-3-2-4-6-10/h5,7-8,11,15H,2-4,6,9H2,1H3. The number of aliphatic hydroxyl groups excluding tert-OH is 1. The normalized spacial score (nSPS) is 18.7. The van der Waals surface area contributed by atoms with Crippen LogP contribution in [0.25, 0.3) is 0 Å². The topological polar surface area (TPSA) is 38.0 Å². The zero-order valence-corrected chi connectivity index (χ0v) is 9.19. The van der Waals surface area contributed by atoms with Crippen LogP contribution in [-0.4, -0.2) is 14.7 Å². The highest BCUT2D eigenvalue weighted by Crippen LogP contribution is 2.26. The Bertz CT molecular complexity index is 354. The molecule has 0 saturated carbocycles. The summed E-state index contributed by atoms with van der Waals surface area (Å²) in [5, 5.41) is 10.0. The number of allylic oxidation sites excluding steroid dienone is 1. The number of aliphatic hydroxyl groups is 1. The summed E-state index contributed by atoms with van der Waals surface area (Å²) in [6.07, 6.45) is 11.0. The molecule has 0 fully saturated rings. The number of hydrogen-bond acceptors (Lipinski definition) is 2. The minimum atomic E-state index is -0.450. The Hall–Kier alpha value is -1.09. The van der Waals surface area contributed by atoms with Crippen LogP contribution in [0.15, 0.2) is 24.0 Å². The molecule has 1 N–H and O–H groups in total. The first-order chi connectivity index (χ1) is 7.27. The molecule has 0 aliphatic heterocycles. The van der Waals surface area contributed by atoms with Crippen molar-refractivity contribution in [3.05, 3.63) is 29.9 Å². The quantitative estimate of drug-likeness (QED) is 0.771. The van der Waals surface area contributed by atoms with Crippen molar-refractivity contribution in [2.24, 2.45) is 7.05 Å². The van der Waals surface area contributed by atoms with E-state index < -0.39 is 6.10 Å². The fourth-order valence-electron chi connectivity index (χ4n) is 2.13. The predicted octanol–water partition coefficient (Wildman–Crippen LogP) is 2.34. The number of imidazole rings is 1. The fraction of sp³-hybridized carbons (Fsp3) is 0.583. The maximum absolute atomic E-state index is 10.0. The Kier molecular flexibility index (Phi) is 3.21. The van der Waals surface area contributed by atoms with Crippen molar-refractivity contribution < 1.29 is 5.11 Å². The lowest BCUT2D eigenvalue weighted by Crippen LogP contribution is -2.07. The van der Waals surface area contributed by atoms with E-state index in [0.717, 1.165) is 18.7 Å². The van der Waals surface area contributed by atoms with Crippen LogP contribution in [0, 0.1) is 0 Å². The minimum Gasteiger partial charge on any atom is -0.385 e. The van der Waals surface area contributed by atoms with Gasteiger partial charge in [0, 0.05) is 25.9 Å². The zero-order chi connectivity index (χ0) is 10.7. The highest BCUT2D eigenvalue weighted by Gasteiger charge is 2.15. The van der Waals surface area contributed by atoms with E-state index in [0.29, 0.717) is 0 Å². The highest BCUT2D eigenvalue weighted by atomic mass is 16.3. The molecule has 82 valence electrons. The molecule has 1 aliphatic rings. The van der Waals surface area contributed by atoms with E-state index in [2.05, 4.69) is 11.1 Å². The molecule has 1 unspecified atom stereocenters. The molecule has 0 radical (unpaired) electrons. The molecule has 1 atom stereocenters. The number of nitrogens with zero attached hydrogens (tertiary/aromatic N) is 2. The molecule has 1 heterocycles. The fourth-order valence-corrected chi connectivity index (χ4v) is 2.13. The molecule has 0 aromatic carbocycles. The van der Waals surface area contributed by atoms with Gasteiger partial charge in [-0.05, 0) is 25.7 Å². The van der Waals surface area contributed by atoms with Crippen LogP contribution in [0.4, 0.5) is 0 Å². The molecule has 2 rings (SSSR count). The van der Waals surface area contributed by atoms with E-state index in [4.69, 9.17) is 0 Å². The Labute approximate surface area is 90.5 Å². The first-order valence-corrected chi connectivity index (χ1v) is 5.60. The van der Waals surface area contributed by atoms with Gasteiger partial charge in [0.25, 0.3) is 0 Å². The molecule has 3 nitrogen and oxygen atoms in total. The third-order valence-corrected chi connectivity index (χ3v) is 3.00. The number of rotatable bonds is 3. The molecular formula is C12H18N2O. The van der Waals surface area contributed by atoms with Gasteiger partial charge in [-0.3, -0.25) is 0 Å². The first kappa shape index (κ1) is 10.4. The van der Waals surface area contributed by atoms with Gasteiger partial charge in [0.05, 0.1) is 0 Å². The van der Waals surface area contributed by atoms with E-state index in [9.17, 15) is 5.11 Å². The average molecular weight is 206 g/mol. The van der Waals surface area contributed by atoms with Crippen molar-refractivity contribution in [2.75, 3.05) is 0 Å². The van der Waals surface area contributed by atoms with E-state index in [1.54, 1.807) is 6.20 Å². The van der Waals surface area contributed by atoms with Gasteiger partial charge in [0.1, 0.15) is 11.9 Å². The second kappa shape index (κ2) is 4.62. The Morgan fingerprint density at radius 3 is 3.00 bits per heavy atom. The van der Waals surface area contributed by atoms with Gasteiger partial charge in [-0.2, -0.15) is 0 Å². The van der Waals surface area contributed by atoms with Gasteiger partial charge in [0.2, 0.25) is 0 Å². The second-order valence-electron chi connectivity index (χ2n) is 4.22. The van der Waals surface area contributed by atoms with Crippen molar-refractivity contribution in [2.45, 2.75) is 38.2 Å². The number of aryl methyl sites for hydroxylation is 1. The Morgan fingerprint density at radius 1 is 1.53 bits per heavy atom. The third-order valence-electron chi connectivity index (χ3n) is 3.00. The van der Waals surface area contributed by atoms with Gasteiger partial charge in [-0.1, -0.05) is 11.6 Å². The van der Waals surface area contributed by atoms with Crippen LogP contribution < -0.4 is 0 Å². The molecule has 0 spiro atoms. The summed E-state index contributed by atoms with van der Waals surface area (Å²) >= 11 is 0. The SMILES string of the molecule is Cn1ccnc1C(O)CC1=CCCCC1. The molecule has 3 heteroatoms. The third kappa shape index (κ3) is 2.48. The van der Waals surface area contributed by atoms with Crippen LogP contribution in [0.2, 0.25) is 0 Å². The lowest BCUT2D eigenvalue weighted by Gasteiger charge is -2.16. The highest BCUT2D eigenvalue weighted by molar-refractivity contribution is 5.09. The molecule has 0 bridgehead atoms. The maximum atomic E-state index is 10.0. The minimum absolute atomic E-state index is 0.450. The van der Waals surface area contributed by atoms with Crippen LogP contribution in [0.3, 0.4) is 0 Å². The first-order valence-electron chi connectivity index (χ1n) is 5.60. The maximum Gasteiger partial charge on any atom is 0.137 e. The summed E-state index contributed by atoms with van der Waals surface area (Å²) in [6.45, 7) is 0. The monoisotopic (exact) mass is 206 g/mol. The van der Waals surface area contributed by atoms with Crippen molar-refractivity contribution in [3.8, 4) is 0 Å². The van der Waals surface area contributed by atoms with Gasteiger partial charge in [-0.25, -0.2) is 4.98 Å². The van der Waals surface area contributed by atoms with Crippen LogP contribution in [0.1, 0.15) is 44.0 Å². The van der Waals surface area contributed by atoms with Gasteiger partial charge in [0.15, 0.2) is 0 Å². The summed E-state index contributed by atoms with van der Waals surface area (Å²) in [4.78, 5) is 4.17.